The highest BCUT2D eigenvalue weighted by Gasteiger charge is 2.36. The van der Waals surface area contributed by atoms with Crippen molar-refractivity contribution in [2.75, 3.05) is 6.61 Å². The van der Waals surface area contributed by atoms with Gasteiger partial charge in [0.1, 0.15) is 5.76 Å². The zero-order valence-electron chi connectivity index (χ0n) is 9.02. The van der Waals surface area contributed by atoms with Crippen LogP contribution in [0.4, 0.5) is 0 Å². The summed E-state index contributed by atoms with van der Waals surface area (Å²) in [5.41, 5.74) is 0. The van der Waals surface area contributed by atoms with Crippen LogP contribution in [-0.4, -0.2) is 12.4 Å². The molecule has 1 aromatic rings. The van der Waals surface area contributed by atoms with E-state index >= 15 is 0 Å². The average molecular weight is 234 g/mol. The molecule has 0 aliphatic carbocycles. The Morgan fingerprint density at radius 3 is 3.12 bits per heavy atom. The standard InChI is InChI=1S/C13H14O2S/c1-2-8-14-13(6-1)7-5-11(15-13)10-12-4-3-9-16-12/h3-5,7,9-10H,1-2,6,8H2/t13-/m1/s1. The lowest BCUT2D eigenvalue weighted by Gasteiger charge is -2.31. The largest absolute Gasteiger partial charge is 0.459 e. The maximum Gasteiger partial charge on any atom is 0.230 e. The molecular weight excluding hydrogens is 220 g/mol. The summed E-state index contributed by atoms with van der Waals surface area (Å²) in [6.07, 6.45) is 9.41. The summed E-state index contributed by atoms with van der Waals surface area (Å²) in [6.45, 7) is 0.802. The highest BCUT2D eigenvalue weighted by molar-refractivity contribution is 7.10. The minimum absolute atomic E-state index is 0.457. The van der Waals surface area contributed by atoms with Crippen LogP contribution in [0.1, 0.15) is 24.1 Å². The normalized spacial score (nSPS) is 31.1. The van der Waals surface area contributed by atoms with E-state index in [4.69, 9.17) is 9.47 Å². The van der Waals surface area contributed by atoms with Gasteiger partial charge in [-0.05, 0) is 42.5 Å². The maximum absolute atomic E-state index is 5.90. The van der Waals surface area contributed by atoms with Gasteiger partial charge >= 0.3 is 0 Å². The fourth-order valence-electron chi connectivity index (χ4n) is 2.07. The second-order valence-corrected chi connectivity index (χ2v) is 5.09. The summed E-state index contributed by atoms with van der Waals surface area (Å²) in [5, 5.41) is 2.07. The van der Waals surface area contributed by atoms with Gasteiger partial charge in [-0.15, -0.1) is 11.3 Å². The van der Waals surface area contributed by atoms with Crippen LogP contribution in [0, 0.1) is 0 Å². The van der Waals surface area contributed by atoms with Gasteiger partial charge in [-0.3, -0.25) is 0 Å². The zero-order chi connectivity index (χ0) is 10.8. The first-order valence-electron chi connectivity index (χ1n) is 5.64. The Hall–Kier alpha value is -1.06. The summed E-state index contributed by atoms with van der Waals surface area (Å²) < 4.78 is 11.6. The lowest BCUT2D eigenvalue weighted by atomic mass is 10.1. The number of hydrogen-bond donors (Lipinski definition) is 0. The van der Waals surface area contributed by atoms with Crippen LogP contribution in [0.2, 0.25) is 0 Å². The van der Waals surface area contributed by atoms with Gasteiger partial charge in [0.15, 0.2) is 0 Å². The SMILES string of the molecule is C1=C[C@@]2(CCCCO2)OC1=Cc1cccs1. The molecule has 2 aliphatic heterocycles. The number of rotatable bonds is 1. The number of allylic oxidation sites excluding steroid dienone is 1. The topological polar surface area (TPSA) is 18.5 Å². The molecule has 1 spiro atoms. The molecule has 0 radical (unpaired) electrons. The van der Waals surface area contributed by atoms with E-state index in [0.717, 1.165) is 25.2 Å². The smallest absolute Gasteiger partial charge is 0.230 e. The van der Waals surface area contributed by atoms with E-state index in [9.17, 15) is 0 Å². The van der Waals surface area contributed by atoms with E-state index < -0.39 is 5.79 Å². The first-order valence-corrected chi connectivity index (χ1v) is 6.52. The van der Waals surface area contributed by atoms with Crippen LogP contribution >= 0.6 is 11.3 Å². The molecule has 0 unspecified atom stereocenters. The minimum atomic E-state index is -0.457. The van der Waals surface area contributed by atoms with Crippen LogP contribution in [0.3, 0.4) is 0 Å². The molecule has 2 nitrogen and oxygen atoms in total. The Bertz CT molecular complexity index is 411. The van der Waals surface area contributed by atoms with E-state index in [0.29, 0.717) is 0 Å². The maximum atomic E-state index is 5.90. The summed E-state index contributed by atoms with van der Waals surface area (Å²) in [5.74, 6) is 0.450. The Morgan fingerprint density at radius 1 is 1.38 bits per heavy atom. The van der Waals surface area contributed by atoms with Gasteiger partial charge in [0.2, 0.25) is 5.79 Å². The molecule has 1 aromatic heterocycles. The Balaban J connectivity index is 1.76. The lowest BCUT2D eigenvalue weighted by molar-refractivity contribution is -0.191. The van der Waals surface area contributed by atoms with Crippen molar-refractivity contribution in [2.24, 2.45) is 0 Å². The molecule has 16 heavy (non-hydrogen) atoms. The van der Waals surface area contributed by atoms with Gasteiger partial charge in [0.25, 0.3) is 0 Å². The van der Waals surface area contributed by atoms with E-state index in [1.807, 2.05) is 18.2 Å². The molecule has 3 heteroatoms. The second-order valence-electron chi connectivity index (χ2n) is 4.11. The summed E-state index contributed by atoms with van der Waals surface area (Å²) in [6, 6.07) is 4.13. The molecule has 1 saturated heterocycles. The van der Waals surface area contributed by atoms with Crippen molar-refractivity contribution in [2.45, 2.75) is 25.0 Å². The van der Waals surface area contributed by atoms with Gasteiger partial charge in [0.05, 0.1) is 6.61 Å². The molecule has 1 atom stereocenters. The zero-order valence-corrected chi connectivity index (χ0v) is 9.83. The van der Waals surface area contributed by atoms with E-state index in [1.165, 1.54) is 11.3 Å². The molecular formula is C13H14O2S. The van der Waals surface area contributed by atoms with E-state index in [-0.39, 0.29) is 0 Å². The molecule has 0 bridgehead atoms. The number of hydrogen-bond acceptors (Lipinski definition) is 3. The molecule has 3 heterocycles. The van der Waals surface area contributed by atoms with Gasteiger partial charge in [-0.1, -0.05) is 6.07 Å². The second kappa shape index (κ2) is 4.07. The first kappa shape index (κ1) is 10.1. The third-order valence-corrected chi connectivity index (χ3v) is 3.71. The van der Waals surface area contributed by atoms with Crippen molar-refractivity contribution in [1.29, 1.82) is 0 Å². The van der Waals surface area contributed by atoms with E-state index in [2.05, 4.69) is 17.5 Å². The Morgan fingerprint density at radius 2 is 2.38 bits per heavy atom. The van der Waals surface area contributed by atoms with Crippen LogP contribution in [0.25, 0.3) is 6.08 Å². The van der Waals surface area contributed by atoms with Crippen molar-refractivity contribution in [3.63, 3.8) is 0 Å². The summed E-state index contributed by atoms with van der Waals surface area (Å²) >= 11 is 1.71. The van der Waals surface area contributed by atoms with Crippen LogP contribution in [-0.2, 0) is 9.47 Å². The molecule has 0 amide bonds. The number of thiophene rings is 1. The van der Waals surface area contributed by atoms with Gasteiger partial charge in [-0.2, -0.15) is 0 Å². The first-order chi connectivity index (χ1) is 7.86. The lowest BCUT2D eigenvalue weighted by Crippen LogP contribution is -2.34. The molecule has 0 N–H and O–H groups in total. The molecule has 1 fully saturated rings. The predicted molar refractivity (Wildman–Crippen MR) is 65.1 cm³/mol. The van der Waals surface area contributed by atoms with Crippen molar-refractivity contribution >= 4 is 17.4 Å². The molecule has 3 rings (SSSR count). The third-order valence-electron chi connectivity index (χ3n) is 2.89. The van der Waals surface area contributed by atoms with Crippen molar-refractivity contribution in [1.82, 2.24) is 0 Å². The molecule has 2 aliphatic rings. The fourth-order valence-corrected chi connectivity index (χ4v) is 2.73. The monoisotopic (exact) mass is 234 g/mol. The van der Waals surface area contributed by atoms with E-state index in [1.54, 1.807) is 11.3 Å². The van der Waals surface area contributed by atoms with Gasteiger partial charge in [-0.25, -0.2) is 0 Å². The quantitative estimate of drug-likeness (QED) is 0.739. The van der Waals surface area contributed by atoms with Crippen molar-refractivity contribution in [3.8, 4) is 0 Å². The third kappa shape index (κ3) is 1.93. The van der Waals surface area contributed by atoms with Crippen LogP contribution in [0.5, 0.6) is 0 Å². The molecule has 84 valence electrons. The van der Waals surface area contributed by atoms with Crippen molar-refractivity contribution in [3.05, 3.63) is 40.3 Å². The number of ether oxygens (including phenoxy) is 2. The summed E-state index contributed by atoms with van der Waals surface area (Å²) in [7, 11) is 0. The predicted octanol–water partition coefficient (Wildman–Crippen LogP) is 3.57. The highest BCUT2D eigenvalue weighted by atomic mass is 32.1. The average Bonchev–Trinajstić information content (AvgIpc) is 2.92. The van der Waals surface area contributed by atoms with Crippen molar-refractivity contribution < 1.29 is 9.47 Å². The summed E-state index contributed by atoms with van der Waals surface area (Å²) in [4.78, 5) is 1.22. The van der Waals surface area contributed by atoms with Crippen LogP contribution in [0.15, 0.2) is 35.4 Å². The molecule has 0 aromatic carbocycles. The Kier molecular flexibility index (Phi) is 2.58. The minimum Gasteiger partial charge on any atom is -0.459 e. The molecule has 0 saturated carbocycles. The van der Waals surface area contributed by atoms with Gasteiger partial charge in [0, 0.05) is 11.3 Å². The van der Waals surface area contributed by atoms with Crippen LogP contribution < -0.4 is 0 Å². The highest BCUT2D eigenvalue weighted by Crippen LogP contribution is 2.35. The van der Waals surface area contributed by atoms with Gasteiger partial charge < -0.3 is 9.47 Å². The Labute approximate surface area is 99.2 Å². The fraction of sp³-hybridized carbons (Fsp3) is 0.385.